The van der Waals surface area contributed by atoms with Crippen LogP contribution in [0.1, 0.15) is 12.6 Å². The van der Waals surface area contributed by atoms with E-state index in [2.05, 4.69) is 10.4 Å². The molecule has 6 heteroatoms. The fourth-order valence-electron chi connectivity index (χ4n) is 1.67. The predicted octanol–water partition coefficient (Wildman–Crippen LogP) is -0.0338. The van der Waals surface area contributed by atoms with Gasteiger partial charge in [0.2, 0.25) is 0 Å². The van der Waals surface area contributed by atoms with E-state index in [-0.39, 0.29) is 0 Å². The Kier molecular flexibility index (Phi) is 8.40. The minimum absolute atomic E-state index is 0.339. The Balaban J connectivity index is 1.95. The maximum atomic E-state index is 9.67. The molecule has 0 saturated carbocycles. The monoisotopic (exact) mass is 271 g/mol. The second-order valence-electron chi connectivity index (χ2n) is 4.33. The molecule has 6 nitrogen and oxygen atoms in total. The molecule has 1 heterocycles. The highest BCUT2D eigenvalue weighted by atomic mass is 16.5. The van der Waals surface area contributed by atoms with Gasteiger partial charge in [0.15, 0.2) is 0 Å². The van der Waals surface area contributed by atoms with Gasteiger partial charge < -0.3 is 19.9 Å². The van der Waals surface area contributed by atoms with Crippen LogP contribution in [0.4, 0.5) is 0 Å². The number of hydrogen-bond acceptors (Lipinski definition) is 5. The highest BCUT2D eigenvalue weighted by Gasteiger charge is 2.04. The second kappa shape index (κ2) is 9.91. The standard InChI is InChI=1S/C13H25N3O3/c1-3-18-8-9-19-11-13(17)10-14-6-4-12-5-7-15-16(12)2/h5,7,13-14,17H,3-4,6,8-11H2,1-2H3. The number of aliphatic hydroxyl groups excluding tert-OH is 1. The van der Waals surface area contributed by atoms with Crippen LogP contribution >= 0.6 is 0 Å². The number of ether oxygens (including phenoxy) is 2. The first-order valence-electron chi connectivity index (χ1n) is 6.75. The summed E-state index contributed by atoms with van der Waals surface area (Å²) in [5.74, 6) is 0. The minimum Gasteiger partial charge on any atom is -0.389 e. The topological polar surface area (TPSA) is 68.5 Å². The second-order valence-corrected chi connectivity index (χ2v) is 4.33. The van der Waals surface area contributed by atoms with Crippen LogP contribution in [-0.4, -0.2) is 60.5 Å². The summed E-state index contributed by atoms with van der Waals surface area (Å²) in [5.41, 5.74) is 1.18. The molecule has 0 radical (unpaired) electrons. The lowest BCUT2D eigenvalue weighted by Crippen LogP contribution is -2.32. The molecular weight excluding hydrogens is 246 g/mol. The zero-order valence-electron chi connectivity index (χ0n) is 11.8. The fourth-order valence-corrected chi connectivity index (χ4v) is 1.67. The van der Waals surface area contributed by atoms with Gasteiger partial charge in [0, 0.05) is 45.1 Å². The lowest BCUT2D eigenvalue weighted by molar-refractivity contribution is 0.00659. The van der Waals surface area contributed by atoms with E-state index in [0.717, 1.165) is 13.0 Å². The first-order valence-corrected chi connectivity index (χ1v) is 6.75. The third-order valence-corrected chi connectivity index (χ3v) is 2.75. The van der Waals surface area contributed by atoms with Crippen molar-refractivity contribution in [3.8, 4) is 0 Å². The predicted molar refractivity (Wildman–Crippen MR) is 73.1 cm³/mol. The molecule has 0 aromatic carbocycles. The van der Waals surface area contributed by atoms with Crippen molar-refractivity contribution in [2.45, 2.75) is 19.4 Å². The molecule has 0 aliphatic rings. The molecule has 0 spiro atoms. The van der Waals surface area contributed by atoms with Gasteiger partial charge in [-0.1, -0.05) is 0 Å². The molecule has 0 saturated heterocycles. The maximum absolute atomic E-state index is 9.67. The maximum Gasteiger partial charge on any atom is 0.0897 e. The average molecular weight is 271 g/mol. The first kappa shape index (κ1) is 16.1. The Morgan fingerprint density at radius 3 is 2.89 bits per heavy atom. The van der Waals surface area contributed by atoms with Gasteiger partial charge in [-0.05, 0) is 13.0 Å². The molecule has 1 unspecified atom stereocenters. The number of aliphatic hydroxyl groups is 1. The lowest BCUT2D eigenvalue weighted by Gasteiger charge is -2.12. The molecule has 19 heavy (non-hydrogen) atoms. The summed E-state index contributed by atoms with van der Waals surface area (Å²) >= 11 is 0. The quantitative estimate of drug-likeness (QED) is 0.553. The lowest BCUT2D eigenvalue weighted by atomic mass is 10.3. The molecular formula is C13H25N3O3. The van der Waals surface area contributed by atoms with E-state index in [1.807, 2.05) is 24.7 Å². The Labute approximate surface area is 114 Å². The summed E-state index contributed by atoms with van der Waals surface area (Å²) in [6, 6.07) is 1.99. The number of hydrogen-bond donors (Lipinski definition) is 2. The van der Waals surface area contributed by atoms with Crippen LogP contribution in [0.3, 0.4) is 0 Å². The highest BCUT2D eigenvalue weighted by Crippen LogP contribution is 1.96. The molecule has 1 aromatic rings. The van der Waals surface area contributed by atoms with Crippen LogP contribution in [0.2, 0.25) is 0 Å². The molecule has 0 aliphatic heterocycles. The summed E-state index contributed by atoms with van der Waals surface area (Å²) in [7, 11) is 1.93. The van der Waals surface area contributed by atoms with Crippen molar-refractivity contribution < 1.29 is 14.6 Å². The molecule has 1 atom stereocenters. The van der Waals surface area contributed by atoms with Crippen LogP contribution in [0.25, 0.3) is 0 Å². The van der Waals surface area contributed by atoms with Gasteiger partial charge in [-0.25, -0.2) is 0 Å². The van der Waals surface area contributed by atoms with Crippen molar-refractivity contribution >= 4 is 0 Å². The third kappa shape index (κ3) is 7.27. The van der Waals surface area contributed by atoms with Gasteiger partial charge >= 0.3 is 0 Å². The molecule has 0 bridgehead atoms. The van der Waals surface area contributed by atoms with E-state index in [4.69, 9.17) is 9.47 Å². The number of aromatic nitrogens is 2. The zero-order chi connectivity index (χ0) is 13.9. The molecule has 1 aromatic heterocycles. The highest BCUT2D eigenvalue weighted by molar-refractivity contribution is 5.00. The van der Waals surface area contributed by atoms with E-state index < -0.39 is 6.10 Å². The van der Waals surface area contributed by atoms with Crippen molar-refractivity contribution in [2.75, 3.05) is 39.5 Å². The van der Waals surface area contributed by atoms with Crippen LogP contribution < -0.4 is 5.32 Å². The van der Waals surface area contributed by atoms with Gasteiger partial charge in [-0.15, -0.1) is 0 Å². The van der Waals surface area contributed by atoms with E-state index in [1.54, 1.807) is 6.20 Å². The Hall–Kier alpha value is -0.950. The summed E-state index contributed by atoms with van der Waals surface area (Å²) in [5, 5.41) is 17.0. The SMILES string of the molecule is CCOCCOCC(O)CNCCc1ccnn1C. The summed E-state index contributed by atoms with van der Waals surface area (Å²) < 4.78 is 12.3. The summed E-state index contributed by atoms with van der Waals surface area (Å²) in [6.45, 7) is 5.44. The van der Waals surface area contributed by atoms with Crippen LogP contribution in [0.15, 0.2) is 12.3 Å². The molecule has 1 rings (SSSR count). The number of aryl methyl sites for hydroxylation is 1. The molecule has 0 aliphatic carbocycles. The Bertz CT molecular complexity index is 331. The van der Waals surface area contributed by atoms with Crippen molar-refractivity contribution in [1.82, 2.24) is 15.1 Å². The van der Waals surface area contributed by atoms with Crippen molar-refractivity contribution in [3.63, 3.8) is 0 Å². The van der Waals surface area contributed by atoms with E-state index >= 15 is 0 Å². The van der Waals surface area contributed by atoms with Gasteiger partial charge in [0.05, 0.1) is 25.9 Å². The van der Waals surface area contributed by atoms with E-state index in [9.17, 15) is 5.11 Å². The van der Waals surface area contributed by atoms with Gasteiger partial charge in [-0.3, -0.25) is 4.68 Å². The Morgan fingerprint density at radius 1 is 1.42 bits per heavy atom. The van der Waals surface area contributed by atoms with Crippen LogP contribution in [-0.2, 0) is 22.9 Å². The number of nitrogens with one attached hydrogen (secondary N) is 1. The van der Waals surface area contributed by atoms with Crippen LogP contribution in [0, 0.1) is 0 Å². The first-order chi connectivity index (χ1) is 9.24. The summed E-state index contributed by atoms with van der Waals surface area (Å²) in [4.78, 5) is 0. The van der Waals surface area contributed by atoms with Gasteiger partial charge in [0.1, 0.15) is 0 Å². The zero-order valence-corrected chi connectivity index (χ0v) is 11.8. The minimum atomic E-state index is -0.479. The van der Waals surface area contributed by atoms with Gasteiger partial charge in [-0.2, -0.15) is 5.10 Å². The fraction of sp³-hybridized carbons (Fsp3) is 0.769. The average Bonchev–Trinajstić information content (AvgIpc) is 2.80. The molecule has 0 fully saturated rings. The third-order valence-electron chi connectivity index (χ3n) is 2.75. The molecule has 110 valence electrons. The largest absolute Gasteiger partial charge is 0.389 e. The van der Waals surface area contributed by atoms with Crippen molar-refractivity contribution in [1.29, 1.82) is 0 Å². The van der Waals surface area contributed by atoms with Gasteiger partial charge in [0.25, 0.3) is 0 Å². The molecule has 2 N–H and O–H groups in total. The number of rotatable bonds is 11. The summed E-state index contributed by atoms with van der Waals surface area (Å²) in [6.07, 6.45) is 2.21. The number of nitrogens with zero attached hydrogens (tertiary/aromatic N) is 2. The van der Waals surface area contributed by atoms with Crippen molar-refractivity contribution in [3.05, 3.63) is 18.0 Å². The van der Waals surface area contributed by atoms with E-state index in [1.165, 1.54) is 5.69 Å². The normalized spacial score (nSPS) is 12.8. The smallest absolute Gasteiger partial charge is 0.0897 e. The van der Waals surface area contributed by atoms with Crippen LogP contribution in [0.5, 0.6) is 0 Å². The Morgan fingerprint density at radius 2 is 2.21 bits per heavy atom. The van der Waals surface area contributed by atoms with E-state index in [0.29, 0.717) is 33.0 Å². The molecule has 0 amide bonds. The van der Waals surface area contributed by atoms with Crippen molar-refractivity contribution in [2.24, 2.45) is 7.05 Å².